The second-order valence-electron chi connectivity index (χ2n) is 8.82. The molecule has 3 aromatic rings. The van der Waals surface area contributed by atoms with E-state index in [9.17, 15) is 14.7 Å². The van der Waals surface area contributed by atoms with Gasteiger partial charge < -0.3 is 24.2 Å². The molecule has 0 aliphatic carbocycles. The van der Waals surface area contributed by atoms with Crippen molar-refractivity contribution in [2.75, 3.05) is 20.8 Å². The van der Waals surface area contributed by atoms with E-state index < -0.39 is 30.3 Å². The fraction of sp³-hybridized carbons (Fsp3) is 0.286. The summed E-state index contributed by atoms with van der Waals surface area (Å²) in [6, 6.07) is 22.5. The van der Waals surface area contributed by atoms with Crippen molar-refractivity contribution in [2.24, 2.45) is 0 Å². The smallest absolute Gasteiger partial charge is 0.411 e. The predicted molar refractivity (Wildman–Crippen MR) is 131 cm³/mol. The van der Waals surface area contributed by atoms with E-state index in [1.807, 2.05) is 66.7 Å². The standard InChI is InChI=1S/C28H28N2O6/c1-34-21-14-13-20(23(15-21)35-2)16-29-22(17-31)25(27(29)32)30-24(18-9-5-3-6-10-18)26(36-28(30)33)19-11-7-4-8-12-19/h3-15,22,24-26,31H,16-17H2,1-2H3. The van der Waals surface area contributed by atoms with Gasteiger partial charge in [-0.2, -0.15) is 0 Å². The van der Waals surface area contributed by atoms with Crippen LogP contribution in [0.4, 0.5) is 4.79 Å². The lowest BCUT2D eigenvalue weighted by molar-refractivity contribution is -0.162. The molecule has 5 rings (SSSR count). The number of carbonyl (C=O) groups excluding carboxylic acids is 2. The summed E-state index contributed by atoms with van der Waals surface area (Å²) in [5, 5.41) is 10.3. The van der Waals surface area contributed by atoms with Crippen molar-refractivity contribution in [3.05, 3.63) is 95.6 Å². The first-order valence-corrected chi connectivity index (χ1v) is 11.8. The molecule has 186 valence electrons. The number of methoxy groups -OCH3 is 2. The number of likely N-dealkylation sites (tertiary alicyclic amines) is 1. The highest BCUT2D eigenvalue weighted by Gasteiger charge is 2.58. The summed E-state index contributed by atoms with van der Waals surface area (Å²) in [4.78, 5) is 29.8. The van der Waals surface area contributed by atoms with E-state index in [2.05, 4.69) is 0 Å². The first-order valence-electron chi connectivity index (χ1n) is 11.8. The van der Waals surface area contributed by atoms with Crippen molar-refractivity contribution < 1.29 is 28.9 Å². The van der Waals surface area contributed by atoms with Crippen LogP contribution in [0, 0.1) is 0 Å². The van der Waals surface area contributed by atoms with Gasteiger partial charge in [0.2, 0.25) is 5.91 Å². The molecule has 3 aromatic carbocycles. The van der Waals surface area contributed by atoms with Gasteiger partial charge >= 0.3 is 6.09 Å². The fourth-order valence-electron chi connectivity index (χ4n) is 5.11. The Kier molecular flexibility index (Phi) is 6.52. The SMILES string of the molecule is COc1ccc(CN2C(=O)C(N3C(=O)OC(c4ccccc4)C3c3ccccc3)C2CO)c(OC)c1. The van der Waals surface area contributed by atoms with Crippen molar-refractivity contribution >= 4 is 12.0 Å². The minimum atomic E-state index is -0.842. The Bertz CT molecular complexity index is 1240. The number of nitrogens with zero attached hydrogens (tertiary/aromatic N) is 2. The molecule has 2 aliphatic rings. The van der Waals surface area contributed by atoms with Crippen LogP contribution in [0.3, 0.4) is 0 Å². The van der Waals surface area contributed by atoms with E-state index in [1.165, 1.54) is 4.90 Å². The van der Waals surface area contributed by atoms with Crippen molar-refractivity contribution in [3.8, 4) is 11.5 Å². The van der Waals surface area contributed by atoms with Crippen LogP contribution in [-0.4, -0.2) is 59.8 Å². The lowest BCUT2D eigenvalue weighted by Crippen LogP contribution is -2.71. The zero-order valence-electron chi connectivity index (χ0n) is 20.1. The van der Waals surface area contributed by atoms with Crippen molar-refractivity contribution in [2.45, 2.75) is 30.8 Å². The lowest BCUT2D eigenvalue weighted by atomic mass is 9.88. The number of β-lactam (4-membered cyclic amide) rings is 1. The number of rotatable bonds is 8. The number of amides is 2. The van der Waals surface area contributed by atoms with Crippen molar-refractivity contribution in [3.63, 3.8) is 0 Å². The van der Waals surface area contributed by atoms with Crippen LogP contribution in [0.15, 0.2) is 78.9 Å². The molecule has 0 bridgehead atoms. The topological polar surface area (TPSA) is 88.5 Å². The van der Waals surface area contributed by atoms with Crippen LogP contribution in [0.2, 0.25) is 0 Å². The summed E-state index contributed by atoms with van der Waals surface area (Å²) in [5.41, 5.74) is 2.47. The maximum absolute atomic E-state index is 13.5. The Morgan fingerprint density at radius 3 is 2.14 bits per heavy atom. The summed E-state index contributed by atoms with van der Waals surface area (Å²) >= 11 is 0. The highest BCUT2D eigenvalue weighted by molar-refractivity contribution is 5.93. The molecule has 0 radical (unpaired) electrons. The minimum Gasteiger partial charge on any atom is -0.497 e. The van der Waals surface area contributed by atoms with Gasteiger partial charge in [-0.05, 0) is 23.3 Å². The zero-order valence-corrected chi connectivity index (χ0v) is 20.1. The van der Waals surface area contributed by atoms with Crippen LogP contribution in [-0.2, 0) is 16.1 Å². The molecule has 0 aromatic heterocycles. The molecule has 0 spiro atoms. The average Bonchev–Trinajstić information content (AvgIpc) is 3.26. The Hall–Kier alpha value is -4.04. The molecule has 0 saturated carbocycles. The van der Waals surface area contributed by atoms with Gasteiger partial charge in [-0.25, -0.2) is 4.79 Å². The Labute approximate surface area is 209 Å². The third-order valence-electron chi connectivity index (χ3n) is 6.92. The monoisotopic (exact) mass is 488 g/mol. The highest BCUT2D eigenvalue weighted by atomic mass is 16.6. The van der Waals surface area contributed by atoms with Gasteiger partial charge in [0.15, 0.2) is 6.10 Å². The number of hydrogen-bond acceptors (Lipinski definition) is 6. The zero-order chi connectivity index (χ0) is 25.2. The third-order valence-corrected chi connectivity index (χ3v) is 6.92. The van der Waals surface area contributed by atoms with Gasteiger partial charge in [0.25, 0.3) is 0 Å². The molecule has 8 heteroatoms. The van der Waals surface area contributed by atoms with Gasteiger partial charge in [0.1, 0.15) is 23.6 Å². The molecular weight excluding hydrogens is 460 g/mol. The number of ether oxygens (including phenoxy) is 3. The van der Waals surface area contributed by atoms with Gasteiger partial charge in [-0.15, -0.1) is 0 Å². The maximum atomic E-state index is 13.5. The molecule has 2 fully saturated rings. The first kappa shape index (κ1) is 23.7. The number of hydrogen-bond donors (Lipinski definition) is 1. The van der Waals surface area contributed by atoms with E-state index in [1.54, 1.807) is 31.3 Å². The van der Waals surface area contributed by atoms with E-state index in [-0.39, 0.29) is 19.1 Å². The molecule has 2 heterocycles. The fourth-order valence-corrected chi connectivity index (χ4v) is 5.11. The first-order chi connectivity index (χ1) is 17.6. The summed E-state index contributed by atoms with van der Waals surface area (Å²) in [7, 11) is 3.12. The van der Waals surface area contributed by atoms with Crippen molar-refractivity contribution in [1.82, 2.24) is 9.80 Å². The summed E-state index contributed by atoms with van der Waals surface area (Å²) in [5.74, 6) is 0.965. The maximum Gasteiger partial charge on any atom is 0.411 e. The summed E-state index contributed by atoms with van der Waals surface area (Å²) in [6.07, 6.45) is -1.15. The van der Waals surface area contributed by atoms with E-state index in [0.29, 0.717) is 11.5 Å². The number of carbonyl (C=O) groups is 2. The molecule has 2 amide bonds. The number of cyclic esters (lactones) is 1. The van der Waals surface area contributed by atoms with Crippen LogP contribution in [0.25, 0.3) is 0 Å². The van der Waals surface area contributed by atoms with Gasteiger partial charge in [0, 0.05) is 18.2 Å². The Morgan fingerprint density at radius 2 is 1.53 bits per heavy atom. The summed E-state index contributed by atoms with van der Waals surface area (Å²) in [6.45, 7) is -0.0646. The number of aliphatic hydroxyl groups is 1. The van der Waals surface area contributed by atoms with Gasteiger partial charge in [0.05, 0.1) is 26.9 Å². The van der Waals surface area contributed by atoms with E-state index in [4.69, 9.17) is 14.2 Å². The molecule has 4 atom stereocenters. The van der Waals surface area contributed by atoms with E-state index in [0.717, 1.165) is 16.7 Å². The molecule has 36 heavy (non-hydrogen) atoms. The highest BCUT2D eigenvalue weighted by Crippen LogP contribution is 2.47. The molecule has 1 N–H and O–H groups in total. The Morgan fingerprint density at radius 1 is 0.861 bits per heavy atom. The molecule has 8 nitrogen and oxygen atoms in total. The van der Waals surface area contributed by atoms with Crippen LogP contribution < -0.4 is 9.47 Å². The van der Waals surface area contributed by atoms with E-state index >= 15 is 0 Å². The second-order valence-corrected chi connectivity index (χ2v) is 8.82. The minimum absolute atomic E-state index is 0.231. The Balaban J connectivity index is 1.46. The summed E-state index contributed by atoms with van der Waals surface area (Å²) < 4.78 is 16.6. The van der Waals surface area contributed by atoms with Crippen LogP contribution >= 0.6 is 0 Å². The molecular formula is C28H28N2O6. The molecule has 2 saturated heterocycles. The predicted octanol–water partition coefficient (Wildman–Crippen LogP) is 3.71. The largest absolute Gasteiger partial charge is 0.497 e. The van der Waals surface area contributed by atoms with Crippen molar-refractivity contribution in [1.29, 1.82) is 0 Å². The molecule has 4 unspecified atom stereocenters. The molecule has 2 aliphatic heterocycles. The van der Waals surface area contributed by atoms with Crippen LogP contribution in [0.1, 0.15) is 28.8 Å². The van der Waals surface area contributed by atoms with Gasteiger partial charge in [-0.1, -0.05) is 60.7 Å². The lowest BCUT2D eigenvalue weighted by Gasteiger charge is -2.50. The third kappa shape index (κ3) is 4.03. The average molecular weight is 489 g/mol. The number of aliphatic hydroxyl groups excluding tert-OH is 1. The number of benzene rings is 3. The van der Waals surface area contributed by atoms with Crippen LogP contribution in [0.5, 0.6) is 11.5 Å². The second kappa shape index (κ2) is 9.91. The normalized spacial score (nSPS) is 23.3. The van der Waals surface area contributed by atoms with Gasteiger partial charge in [-0.3, -0.25) is 9.69 Å². The quantitative estimate of drug-likeness (QED) is 0.487.